The van der Waals surface area contributed by atoms with Gasteiger partial charge in [-0.3, -0.25) is 0 Å². The number of rotatable bonds is 0. The smallest absolute Gasteiger partial charge is 0.185 e. The molecule has 1 rings (SSSR count). The number of hydrogen-bond donors (Lipinski definition) is 1. The van der Waals surface area contributed by atoms with Crippen LogP contribution in [0.1, 0.15) is 0 Å². The fourth-order valence-electron chi connectivity index (χ4n) is 0.286. The van der Waals surface area contributed by atoms with Crippen LogP contribution in [-0.4, -0.2) is 5.11 Å². The summed E-state index contributed by atoms with van der Waals surface area (Å²) in [4.78, 5) is 0. The SMILES string of the molecule is Oc1sccc1Br. The minimum Gasteiger partial charge on any atom is -0.499 e. The maximum Gasteiger partial charge on any atom is 0.185 e. The Labute approximate surface area is 53.7 Å². The van der Waals surface area contributed by atoms with Crippen LogP contribution in [0.2, 0.25) is 0 Å². The Balaban J connectivity index is 3.12. The van der Waals surface area contributed by atoms with Gasteiger partial charge in [-0.25, -0.2) is 0 Å². The first-order valence-electron chi connectivity index (χ1n) is 1.72. The molecule has 0 spiro atoms. The topological polar surface area (TPSA) is 20.2 Å². The van der Waals surface area contributed by atoms with Gasteiger partial charge in [-0.05, 0) is 27.4 Å². The van der Waals surface area contributed by atoms with Crippen LogP contribution in [0.25, 0.3) is 0 Å². The molecule has 1 aromatic heterocycles. The van der Waals surface area contributed by atoms with E-state index < -0.39 is 0 Å². The van der Waals surface area contributed by atoms with Gasteiger partial charge in [0.15, 0.2) is 5.06 Å². The third kappa shape index (κ3) is 0.951. The number of hydrogen-bond acceptors (Lipinski definition) is 2. The van der Waals surface area contributed by atoms with Crippen molar-refractivity contribution in [1.29, 1.82) is 0 Å². The summed E-state index contributed by atoms with van der Waals surface area (Å²) < 4.78 is 0.775. The van der Waals surface area contributed by atoms with E-state index in [-0.39, 0.29) is 0 Å². The molecule has 0 aromatic carbocycles. The molecule has 0 atom stereocenters. The second-order valence-corrected chi connectivity index (χ2v) is 2.82. The summed E-state index contributed by atoms with van der Waals surface area (Å²) in [5, 5.41) is 10.9. The lowest BCUT2D eigenvalue weighted by Crippen LogP contribution is -1.46. The van der Waals surface area contributed by atoms with Crippen molar-refractivity contribution in [1.82, 2.24) is 0 Å². The Hall–Kier alpha value is -0.0200. The monoisotopic (exact) mass is 178 g/mol. The van der Waals surface area contributed by atoms with Crippen molar-refractivity contribution in [3.05, 3.63) is 15.9 Å². The summed E-state index contributed by atoms with van der Waals surface area (Å²) in [7, 11) is 0. The first kappa shape index (κ1) is 5.12. The highest BCUT2D eigenvalue weighted by Gasteiger charge is 1.92. The van der Waals surface area contributed by atoms with Gasteiger partial charge in [-0.2, -0.15) is 0 Å². The van der Waals surface area contributed by atoms with Gasteiger partial charge in [0.2, 0.25) is 0 Å². The molecule has 0 amide bonds. The molecule has 1 N–H and O–H groups in total. The number of thiophene rings is 1. The number of aromatic hydroxyl groups is 1. The summed E-state index contributed by atoms with van der Waals surface area (Å²) in [6.07, 6.45) is 0. The van der Waals surface area contributed by atoms with E-state index in [0.29, 0.717) is 5.06 Å². The van der Waals surface area contributed by atoms with Crippen LogP contribution < -0.4 is 0 Å². The van der Waals surface area contributed by atoms with E-state index in [4.69, 9.17) is 5.11 Å². The number of halogens is 1. The average Bonchev–Trinajstić information content (AvgIpc) is 1.91. The van der Waals surface area contributed by atoms with Gasteiger partial charge < -0.3 is 5.11 Å². The summed E-state index contributed by atoms with van der Waals surface area (Å²) in [5.41, 5.74) is 0. The van der Waals surface area contributed by atoms with E-state index in [1.165, 1.54) is 11.3 Å². The molecule has 1 aromatic rings. The molecule has 1 nitrogen and oxygen atoms in total. The van der Waals surface area contributed by atoms with Crippen LogP contribution in [0.15, 0.2) is 15.9 Å². The summed E-state index contributed by atoms with van der Waals surface area (Å²) in [6, 6.07) is 1.81. The zero-order valence-electron chi connectivity index (χ0n) is 3.39. The minimum absolute atomic E-state index is 0.347. The predicted molar refractivity (Wildman–Crippen MR) is 33.7 cm³/mol. The largest absolute Gasteiger partial charge is 0.499 e. The zero-order chi connectivity index (χ0) is 5.28. The lowest BCUT2D eigenvalue weighted by Gasteiger charge is -1.77. The molecule has 0 saturated heterocycles. The molecule has 0 saturated carbocycles. The lowest BCUT2D eigenvalue weighted by atomic mass is 10.7. The van der Waals surface area contributed by atoms with Gasteiger partial charge in [-0.1, -0.05) is 0 Å². The normalized spacial score (nSPS) is 9.29. The third-order valence-corrected chi connectivity index (χ3v) is 2.22. The molecular weight excluding hydrogens is 176 g/mol. The third-order valence-electron chi connectivity index (χ3n) is 0.598. The molecule has 0 radical (unpaired) electrons. The van der Waals surface area contributed by atoms with Crippen LogP contribution in [0.3, 0.4) is 0 Å². The Morgan fingerprint density at radius 1 is 1.71 bits per heavy atom. The average molecular weight is 179 g/mol. The van der Waals surface area contributed by atoms with E-state index >= 15 is 0 Å². The summed E-state index contributed by atoms with van der Waals surface area (Å²) in [5.74, 6) is 0. The highest BCUT2D eigenvalue weighted by atomic mass is 79.9. The van der Waals surface area contributed by atoms with E-state index in [9.17, 15) is 0 Å². The van der Waals surface area contributed by atoms with E-state index in [1.54, 1.807) is 6.07 Å². The molecular formula is C4H3BrOS. The Morgan fingerprint density at radius 3 is 2.57 bits per heavy atom. The maximum absolute atomic E-state index is 8.73. The molecule has 0 aliphatic carbocycles. The van der Waals surface area contributed by atoms with E-state index in [2.05, 4.69) is 15.9 Å². The zero-order valence-corrected chi connectivity index (χ0v) is 5.79. The molecule has 0 bridgehead atoms. The molecule has 0 unspecified atom stereocenters. The highest BCUT2D eigenvalue weighted by molar-refractivity contribution is 9.10. The molecule has 0 fully saturated rings. The van der Waals surface area contributed by atoms with E-state index in [1.807, 2.05) is 5.38 Å². The Bertz CT molecular complexity index is 144. The van der Waals surface area contributed by atoms with Crippen LogP contribution in [-0.2, 0) is 0 Å². The maximum atomic E-state index is 8.73. The van der Waals surface area contributed by atoms with Gasteiger partial charge in [0.25, 0.3) is 0 Å². The van der Waals surface area contributed by atoms with Crippen LogP contribution in [0, 0.1) is 0 Å². The van der Waals surface area contributed by atoms with Gasteiger partial charge in [0.05, 0.1) is 4.47 Å². The first-order chi connectivity index (χ1) is 3.30. The van der Waals surface area contributed by atoms with Crippen molar-refractivity contribution in [2.24, 2.45) is 0 Å². The van der Waals surface area contributed by atoms with Crippen molar-refractivity contribution in [3.63, 3.8) is 0 Å². The lowest BCUT2D eigenvalue weighted by molar-refractivity contribution is 0.488. The fraction of sp³-hybridized carbons (Fsp3) is 0. The van der Waals surface area contributed by atoms with Crippen LogP contribution in [0.4, 0.5) is 0 Å². The predicted octanol–water partition coefficient (Wildman–Crippen LogP) is 2.22. The van der Waals surface area contributed by atoms with Crippen LogP contribution in [0.5, 0.6) is 5.06 Å². The van der Waals surface area contributed by atoms with Crippen molar-refractivity contribution in [2.45, 2.75) is 0 Å². The van der Waals surface area contributed by atoms with Gasteiger partial charge >= 0.3 is 0 Å². The molecule has 38 valence electrons. The summed E-state index contributed by atoms with van der Waals surface area (Å²) >= 11 is 4.44. The van der Waals surface area contributed by atoms with Gasteiger partial charge in [0, 0.05) is 0 Å². The Morgan fingerprint density at radius 2 is 2.43 bits per heavy atom. The first-order valence-corrected chi connectivity index (χ1v) is 3.40. The van der Waals surface area contributed by atoms with Crippen molar-refractivity contribution in [2.75, 3.05) is 0 Å². The molecule has 0 aliphatic rings. The highest BCUT2D eigenvalue weighted by Crippen LogP contribution is 2.28. The molecule has 3 heteroatoms. The fourth-order valence-corrected chi connectivity index (χ4v) is 1.39. The summed E-state index contributed by atoms with van der Waals surface area (Å²) in [6.45, 7) is 0. The van der Waals surface area contributed by atoms with Crippen LogP contribution >= 0.6 is 27.3 Å². The van der Waals surface area contributed by atoms with Crippen molar-refractivity contribution in [3.8, 4) is 5.06 Å². The molecule has 1 heterocycles. The van der Waals surface area contributed by atoms with Crippen molar-refractivity contribution >= 4 is 27.3 Å². The van der Waals surface area contributed by atoms with Gasteiger partial charge in [0.1, 0.15) is 0 Å². The standard InChI is InChI=1S/C4H3BrOS/c5-3-1-2-7-4(3)6/h1-2,6H. The van der Waals surface area contributed by atoms with E-state index in [0.717, 1.165) is 4.47 Å². The Kier molecular flexibility index (Phi) is 1.35. The second kappa shape index (κ2) is 1.84. The van der Waals surface area contributed by atoms with Crippen molar-refractivity contribution < 1.29 is 5.11 Å². The molecule has 7 heavy (non-hydrogen) atoms. The molecule has 0 aliphatic heterocycles. The quantitative estimate of drug-likeness (QED) is 0.647. The second-order valence-electron chi connectivity index (χ2n) is 1.07. The van der Waals surface area contributed by atoms with Gasteiger partial charge in [-0.15, -0.1) is 11.3 Å². The minimum atomic E-state index is 0.347.